The van der Waals surface area contributed by atoms with Crippen molar-refractivity contribution < 1.29 is 23.8 Å². The second-order valence-electron chi connectivity index (χ2n) is 4.09. The highest BCUT2D eigenvalue weighted by atomic mass is 32.1. The average molecular weight is 338 g/mol. The lowest BCUT2D eigenvalue weighted by atomic mass is 10.2. The highest BCUT2D eigenvalue weighted by Crippen LogP contribution is 2.28. The van der Waals surface area contributed by atoms with Gasteiger partial charge < -0.3 is 19.5 Å². The van der Waals surface area contributed by atoms with Crippen LogP contribution in [0.2, 0.25) is 0 Å². The van der Waals surface area contributed by atoms with E-state index in [1.54, 1.807) is 25.1 Å². The van der Waals surface area contributed by atoms with E-state index < -0.39 is 11.9 Å². The van der Waals surface area contributed by atoms with Crippen molar-refractivity contribution in [1.29, 1.82) is 0 Å². The number of rotatable bonds is 6. The van der Waals surface area contributed by atoms with Crippen LogP contribution in [-0.4, -0.2) is 37.8 Å². The fourth-order valence-corrected chi connectivity index (χ4v) is 1.76. The fourth-order valence-electron chi connectivity index (χ4n) is 1.55. The summed E-state index contributed by atoms with van der Waals surface area (Å²) in [5, 5.41) is 5.28. The van der Waals surface area contributed by atoms with Gasteiger partial charge in [0.25, 0.3) is 0 Å². The molecular formula is C15H18N2O5S. The number of anilines is 1. The summed E-state index contributed by atoms with van der Waals surface area (Å²) < 4.78 is 15.0. The first-order chi connectivity index (χ1) is 11.0. The summed E-state index contributed by atoms with van der Waals surface area (Å²) in [6.45, 7) is 1.91. The van der Waals surface area contributed by atoms with Crippen molar-refractivity contribution in [3.05, 3.63) is 30.4 Å². The molecule has 0 saturated carbocycles. The van der Waals surface area contributed by atoms with Crippen molar-refractivity contribution in [2.45, 2.75) is 6.92 Å². The predicted molar refractivity (Wildman–Crippen MR) is 89.7 cm³/mol. The maximum Gasteiger partial charge on any atom is 0.330 e. The van der Waals surface area contributed by atoms with Crippen LogP contribution in [-0.2, 0) is 14.3 Å². The van der Waals surface area contributed by atoms with Gasteiger partial charge in [-0.1, -0.05) is 0 Å². The third-order valence-corrected chi connectivity index (χ3v) is 2.75. The molecule has 0 bridgehead atoms. The molecule has 0 aliphatic heterocycles. The Kier molecular flexibility index (Phi) is 7.55. The average Bonchev–Trinajstić information content (AvgIpc) is 2.53. The second kappa shape index (κ2) is 9.42. The quantitative estimate of drug-likeness (QED) is 0.463. The van der Waals surface area contributed by atoms with Crippen molar-refractivity contribution in [2.75, 3.05) is 26.1 Å². The molecule has 0 fully saturated rings. The lowest BCUT2D eigenvalue weighted by molar-refractivity contribution is -0.137. The van der Waals surface area contributed by atoms with Gasteiger partial charge in [0.05, 0.1) is 26.5 Å². The lowest BCUT2D eigenvalue weighted by Gasteiger charge is -2.13. The van der Waals surface area contributed by atoms with Crippen LogP contribution in [0.15, 0.2) is 30.4 Å². The van der Waals surface area contributed by atoms with Gasteiger partial charge in [-0.25, -0.2) is 4.79 Å². The van der Waals surface area contributed by atoms with Gasteiger partial charge in [0.1, 0.15) is 11.5 Å². The van der Waals surface area contributed by atoms with Gasteiger partial charge in [-0.2, -0.15) is 0 Å². The maximum atomic E-state index is 11.6. The van der Waals surface area contributed by atoms with Crippen molar-refractivity contribution in [3.63, 3.8) is 0 Å². The molecule has 0 saturated heterocycles. The largest absolute Gasteiger partial charge is 0.497 e. The molecule has 124 valence electrons. The number of esters is 1. The SMILES string of the molecule is CCOC(=O)/C=C/C(=O)NC(=S)Nc1cc(OC)ccc1OC. The first kappa shape index (κ1) is 18.4. The van der Waals surface area contributed by atoms with Gasteiger partial charge in [-0.3, -0.25) is 10.1 Å². The van der Waals surface area contributed by atoms with Crippen LogP contribution in [0.1, 0.15) is 6.92 Å². The highest BCUT2D eigenvalue weighted by molar-refractivity contribution is 7.80. The highest BCUT2D eigenvalue weighted by Gasteiger charge is 2.08. The first-order valence-corrected chi connectivity index (χ1v) is 7.09. The standard InChI is InChI=1S/C15H18N2O5S/c1-4-22-14(19)8-7-13(18)17-15(23)16-11-9-10(20-2)5-6-12(11)21-3/h5-9H,4H2,1-3H3,(H2,16,17,18,23)/b8-7+. The number of carbonyl (C=O) groups excluding carboxylic acids is 2. The third-order valence-electron chi connectivity index (χ3n) is 2.55. The Hall–Kier alpha value is -2.61. The molecule has 1 amide bonds. The fraction of sp³-hybridized carbons (Fsp3) is 0.267. The number of ether oxygens (including phenoxy) is 3. The van der Waals surface area contributed by atoms with Gasteiger partial charge >= 0.3 is 5.97 Å². The zero-order valence-corrected chi connectivity index (χ0v) is 13.9. The minimum absolute atomic E-state index is 0.0510. The topological polar surface area (TPSA) is 85.9 Å². The molecule has 0 unspecified atom stereocenters. The molecule has 8 heteroatoms. The third kappa shape index (κ3) is 6.35. The molecule has 1 rings (SSSR count). The Balaban J connectivity index is 2.66. The molecule has 0 aliphatic rings. The number of hydrogen-bond acceptors (Lipinski definition) is 6. The van der Waals surface area contributed by atoms with Gasteiger partial charge in [0, 0.05) is 18.2 Å². The van der Waals surface area contributed by atoms with Crippen LogP contribution in [0.3, 0.4) is 0 Å². The number of amides is 1. The predicted octanol–water partition coefficient (Wildman–Crippen LogP) is 1.64. The molecule has 1 aromatic carbocycles. The first-order valence-electron chi connectivity index (χ1n) is 6.69. The lowest BCUT2D eigenvalue weighted by Crippen LogP contribution is -2.33. The number of nitrogens with one attached hydrogen (secondary N) is 2. The summed E-state index contributed by atoms with van der Waals surface area (Å²) in [5.74, 6) is -0.0255. The maximum absolute atomic E-state index is 11.6. The number of methoxy groups -OCH3 is 2. The van der Waals surface area contributed by atoms with Crippen LogP contribution in [0, 0.1) is 0 Å². The molecule has 1 aromatic rings. The van der Waals surface area contributed by atoms with Crippen molar-refractivity contribution in [1.82, 2.24) is 5.32 Å². The van der Waals surface area contributed by atoms with Crippen LogP contribution in [0.25, 0.3) is 0 Å². The number of benzene rings is 1. The van der Waals surface area contributed by atoms with E-state index in [-0.39, 0.29) is 11.7 Å². The normalized spacial score (nSPS) is 10.0. The minimum atomic E-state index is -0.601. The van der Waals surface area contributed by atoms with E-state index in [1.165, 1.54) is 14.2 Å². The van der Waals surface area contributed by atoms with E-state index in [1.807, 2.05) is 0 Å². The molecule has 23 heavy (non-hydrogen) atoms. The summed E-state index contributed by atoms with van der Waals surface area (Å²) in [7, 11) is 3.04. The summed E-state index contributed by atoms with van der Waals surface area (Å²) in [6, 6.07) is 5.10. The monoisotopic (exact) mass is 338 g/mol. The van der Waals surface area contributed by atoms with Gasteiger partial charge in [0.15, 0.2) is 5.11 Å². The van der Waals surface area contributed by atoms with Gasteiger partial charge in [-0.15, -0.1) is 0 Å². The van der Waals surface area contributed by atoms with Gasteiger partial charge in [0.2, 0.25) is 5.91 Å². The summed E-state index contributed by atoms with van der Waals surface area (Å²) in [4.78, 5) is 22.8. The van der Waals surface area contributed by atoms with Crippen LogP contribution >= 0.6 is 12.2 Å². The molecule has 0 radical (unpaired) electrons. The van der Waals surface area contributed by atoms with E-state index in [0.29, 0.717) is 17.2 Å². The van der Waals surface area contributed by atoms with E-state index in [2.05, 4.69) is 15.4 Å². The Morgan fingerprint density at radius 2 is 1.96 bits per heavy atom. The molecule has 7 nitrogen and oxygen atoms in total. The van der Waals surface area contributed by atoms with E-state index >= 15 is 0 Å². The Morgan fingerprint density at radius 3 is 2.57 bits per heavy atom. The molecular weight excluding hydrogens is 320 g/mol. The zero-order chi connectivity index (χ0) is 17.2. The van der Waals surface area contributed by atoms with E-state index in [4.69, 9.17) is 21.7 Å². The van der Waals surface area contributed by atoms with Crippen molar-refractivity contribution >= 4 is 34.9 Å². The van der Waals surface area contributed by atoms with Crippen LogP contribution in [0.5, 0.6) is 11.5 Å². The Labute approximate surface area is 139 Å². The molecule has 0 aliphatic carbocycles. The van der Waals surface area contributed by atoms with E-state index in [0.717, 1.165) is 12.2 Å². The van der Waals surface area contributed by atoms with Gasteiger partial charge in [-0.05, 0) is 31.3 Å². The molecule has 0 spiro atoms. The van der Waals surface area contributed by atoms with Crippen molar-refractivity contribution in [2.24, 2.45) is 0 Å². The zero-order valence-electron chi connectivity index (χ0n) is 13.0. The van der Waals surface area contributed by atoms with Crippen LogP contribution in [0.4, 0.5) is 5.69 Å². The second-order valence-corrected chi connectivity index (χ2v) is 4.50. The molecule has 0 atom stereocenters. The Bertz CT molecular complexity index is 616. The smallest absolute Gasteiger partial charge is 0.330 e. The van der Waals surface area contributed by atoms with E-state index in [9.17, 15) is 9.59 Å². The Morgan fingerprint density at radius 1 is 1.22 bits per heavy atom. The summed E-state index contributed by atoms with van der Waals surface area (Å²) >= 11 is 5.04. The number of hydrogen-bond donors (Lipinski definition) is 2. The van der Waals surface area contributed by atoms with Crippen molar-refractivity contribution in [3.8, 4) is 11.5 Å². The number of thiocarbonyl (C=S) groups is 1. The molecule has 0 aromatic heterocycles. The van der Waals surface area contributed by atoms with Crippen LogP contribution < -0.4 is 20.1 Å². The number of carbonyl (C=O) groups is 2. The molecule has 2 N–H and O–H groups in total. The summed E-state index contributed by atoms with van der Waals surface area (Å²) in [6.07, 6.45) is 2.06. The minimum Gasteiger partial charge on any atom is -0.497 e. The summed E-state index contributed by atoms with van der Waals surface area (Å²) in [5.41, 5.74) is 0.534. The molecule has 0 heterocycles.